The Kier molecular flexibility index (Phi) is 5.62. The van der Waals surface area contributed by atoms with E-state index < -0.39 is 5.97 Å². The van der Waals surface area contributed by atoms with Gasteiger partial charge in [-0.3, -0.25) is 4.90 Å². The third-order valence-corrected chi connectivity index (χ3v) is 2.43. The van der Waals surface area contributed by atoms with Crippen molar-refractivity contribution in [1.82, 2.24) is 4.90 Å². The van der Waals surface area contributed by atoms with Crippen LogP contribution < -0.4 is 0 Å². The number of carbonyl (C=O) groups excluding carboxylic acids is 1. The molecule has 0 fully saturated rings. The minimum Gasteiger partial charge on any atom is -0.466 e. The van der Waals surface area contributed by atoms with Crippen LogP contribution in [0.3, 0.4) is 0 Å². The highest BCUT2D eigenvalue weighted by molar-refractivity contribution is 5.88. The smallest absolute Gasteiger partial charge is 0.334 e. The van der Waals surface area contributed by atoms with Gasteiger partial charge in [0.25, 0.3) is 0 Å². The van der Waals surface area contributed by atoms with Gasteiger partial charge < -0.3 is 4.74 Å². The minimum absolute atomic E-state index is 0.241. The molecule has 0 saturated heterocycles. The first-order chi connectivity index (χ1) is 8.67. The lowest BCUT2D eigenvalue weighted by molar-refractivity contribution is -0.136. The van der Waals surface area contributed by atoms with Crippen LogP contribution in [-0.2, 0) is 16.1 Å². The highest BCUT2D eigenvalue weighted by Crippen LogP contribution is 2.06. The minimum atomic E-state index is -0.439. The Morgan fingerprint density at radius 1 is 1.44 bits per heavy atom. The number of rotatable bonds is 6. The van der Waals surface area contributed by atoms with Crippen molar-refractivity contribution in [1.29, 1.82) is 5.26 Å². The summed E-state index contributed by atoms with van der Waals surface area (Å²) in [5, 5.41) is 8.79. The average Bonchev–Trinajstić information content (AvgIpc) is 2.39. The summed E-state index contributed by atoms with van der Waals surface area (Å²) in [5.74, 6) is -0.439. The Hall–Kier alpha value is -2.12. The van der Waals surface area contributed by atoms with E-state index >= 15 is 0 Å². The van der Waals surface area contributed by atoms with Gasteiger partial charge in [-0.1, -0.05) is 36.9 Å². The fraction of sp³-hybridized carbons (Fsp3) is 0.286. The van der Waals surface area contributed by atoms with Crippen molar-refractivity contribution >= 4 is 5.97 Å². The molecule has 1 rings (SSSR count). The van der Waals surface area contributed by atoms with Crippen LogP contribution in [-0.4, -0.2) is 31.1 Å². The average molecular weight is 244 g/mol. The van der Waals surface area contributed by atoms with Gasteiger partial charge in [-0.05, 0) is 5.56 Å². The van der Waals surface area contributed by atoms with Crippen molar-refractivity contribution in [2.45, 2.75) is 6.54 Å². The van der Waals surface area contributed by atoms with Crippen LogP contribution >= 0.6 is 0 Å². The lowest BCUT2D eigenvalue weighted by Crippen LogP contribution is -2.28. The number of benzene rings is 1. The molecule has 18 heavy (non-hydrogen) atoms. The second kappa shape index (κ2) is 7.25. The van der Waals surface area contributed by atoms with E-state index in [0.717, 1.165) is 5.56 Å². The number of hydrogen-bond donors (Lipinski definition) is 0. The molecule has 0 bridgehead atoms. The van der Waals surface area contributed by atoms with E-state index in [0.29, 0.717) is 18.7 Å². The van der Waals surface area contributed by atoms with E-state index in [-0.39, 0.29) is 6.54 Å². The molecule has 0 aliphatic rings. The van der Waals surface area contributed by atoms with Gasteiger partial charge in [0.05, 0.1) is 19.7 Å². The summed E-state index contributed by atoms with van der Waals surface area (Å²) in [6.45, 7) is 4.83. The zero-order chi connectivity index (χ0) is 13.4. The van der Waals surface area contributed by atoms with Gasteiger partial charge in [0.1, 0.15) is 0 Å². The third kappa shape index (κ3) is 4.40. The third-order valence-electron chi connectivity index (χ3n) is 2.43. The topological polar surface area (TPSA) is 53.3 Å². The maximum absolute atomic E-state index is 11.3. The first kappa shape index (κ1) is 13.9. The van der Waals surface area contributed by atoms with Crippen molar-refractivity contribution in [3.8, 4) is 6.07 Å². The monoisotopic (exact) mass is 244 g/mol. The molecule has 0 atom stereocenters. The molecule has 1 aromatic rings. The first-order valence-electron chi connectivity index (χ1n) is 5.56. The number of ether oxygens (including phenoxy) is 1. The summed E-state index contributed by atoms with van der Waals surface area (Å²) < 4.78 is 4.59. The molecule has 4 nitrogen and oxygen atoms in total. The summed E-state index contributed by atoms with van der Waals surface area (Å²) in [6, 6.07) is 11.9. The van der Waals surface area contributed by atoms with Gasteiger partial charge in [-0.15, -0.1) is 0 Å². The van der Waals surface area contributed by atoms with Crippen LogP contribution in [0, 0.1) is 11.3 Å². The first-order valence-corrected chi connectivity index (χ1v) is 5.56. The number of nitrogens with zero attached hydrogens (tertiary/aromatic N) is 2. The summed E-state index contributed by atoms with van der Waals surface area (Å²) in [4.78, 5) is 13.1. The van der Waals surface area contributed by atoms with E-state index in [1.54, 1.807) is 0 Å². The standard InChI is InChI=1S/C14H16N2O2/c1-12(14(17)18-2)10-16(9-8-15)11-13-6-4-3-5-7-13/h3-7H,1,9-11H2,2H3. The molecule has 94 valence electrons. The second-order valence-corrected chi connectivity index (χ2v) is 3.88. The maximum Gasteiger partial charge on any atom is 0.334 e. The molecular weight excluding hydrogens is 228 g/mol. The molecule has 4 heteroatoms. The van der Waals surface area contributed by atoms with E-state index in [4.69, 9.17) is 5.26 Å². The van der Waals surface area contributed by atoms with Crippen LogP contribution in [0.5, 0.6) is 0 Å². The number of nitriles is 1. The summed E-state index contributed by atoms with van der Waals surface area (Å²) in [5.41, 5.74) is 1.44. The quantitative estimate of drug-likeness (QED) is 0.434. The molecule has 0 radical (unpaired) electrons. The molecule has 0 spiro atoms. The van der Waals surface area contributed by atoms with Crippen LogP contribution in [0.1, 0.15) is 5.56 Å². The predicted octanol–water partition coefficient (Wildman–Crippen LogP) is 1.74. The van der Waals surface area contributed by atoms with Gasteiger partial charge in [0, 0.05) is 18.7 Å². The van der Waals surface area contributed by atoms with E-state index in [2.05, 4.69) is 17.4 Å². The number of methoxy groups -OCH3 is 1. The second-order valence-electron chi connectivity index (χ2n) is 3.88. The van der Waals surface area contributed by atoms with Crippen molar-refractivity contribution in [2.75, 3.05) is 20.2 Å². The van der Waals surface area contributed by atoms with Crippen molar-refractivity contribution in [2.24, 2.45) is 0 Å². The van der Waals surface area contributed by atoms with Crippen LogP contribution in [0.2, 0.25) is 0 Å². The van der Waals surface area contributed by atoms with Gasteiger partial charge in [0.15, 0.2) is 0 Å². The molecular formula is C14H16N2O2. The molecule has 0 heterocycles. The van der Waals surface area contributed by atoms with Crippen LogP contribution in [0.15, 0.2) is 42.5 Å². The summed E-state index contributed by atoms with van der Waals surface area (Å²) >= 11 is 0. The Morgan fingerprint density at radius 3 is 2.67 bits per heavy atom. The zero-order valence-corrected chi connectivity index (χ0v) is 10.4. The van der Waals surface area contributed by atoms with Crippen LogP contribution in [0.25, 0.3) is 0 Å². The van der Waals surface area contributed by atoms with Gasteiger partial charge in [-0.25, -0.2) is 4.79 Å². The van der Waals surface area contributed by atoms with E-state index in [1.165, 1.54) is 7.11 Å². The number of hydrogen-bond acceptors (Lipinski definition) is 4. The zero-order valence-electron chi connectivity index (χ0n) is 10.4. The predicted molar refractivity (Wildman–Crippen MR) is 68.5 cm³/mol. The van der Waals surface area contributed by atoms with Gasteiger partial charge >= 0.3 is 5.97 Å². The highest BCUT2D eigenvalue weighted by atomic mass is 16.5. The molecule has 1 aromatic carbocycles. The molecule has 0 aliphatic heterocycles. The largest absolute Gasteiger partial charge is 0.466 e. The molecule has 0 unspecified atom stereocenters. The number of carbonyl (C=O) groups is 1. The summed E-state index contributed by atoms with van der Waals surface area (Å²) in [7, 11) is 1.32. The fourth-order valence-corrected chi connectivity index (χ4v) is 1.59. The van der Waals surface area contributed by atoms with E-state index in [9.17, 15) is 4.79 Å². The Bertz CT molecular complexity index is 449. The summed E-state index contributed by atoms with van der Waals surface area (Å²) in [6.07, 6.45) is 0. The Labute approximate surface area is 107 Å². The fourth-order valence-electron chi connectivity index (χ4n) is 1.59. The molecule has 0 saturated carbocycles. The SMILES string of the molecule is C=C(CN(CC#N)Cc1ccccc1)C(=O)OC. The Morgan fingerprint density at radius 2 is 2.11 bits per heavy atom. The molecule has 0 N–H and O–H groups in total. The maximum atomic E-state index is 11.3. The van der Waals surface area contributed by atoms with Gasteiger partial charge in [0.2, 0.25) is 0 Å². The normalized spacial score (nSPS) is 9.83. The van der Waals surface area contributed by atoms with Crippen molar-refractivity contribution in [3.63, 3.8) is 0 Å². The molecule has 0 aromatic heterocycles. The van der Waals surface area contributed by atoms with E-state index in [1.807, 2.05) is 35.2 Å². The lowest BCUT2D eigenvalue weighted by Gasteiger charge is -2.19. The van der Waals surface area contributed by atoms with Crippen LogP contribution in [0.4, 0.5) is 0 Å². The van der Waals surface area contributed by atoms with Crippen molar-refractivity contribution < 1.29 is 9.53 Å². The van der Waals surface area contributed by atoms with Gasteiger partial charge in [-0.2, -0.15) is 5.26 Å². The molecule has 0 aliphatic carbocycles. The highest BCUT2D eigenvalue weighted by Gasteiger charge is 2.12. The van der Waals surface area contributed by atoms with Crippen molar-refractivity contribution in [3.05, 3.63) is 48.0 Å². The Balaban J connectivity index is 2.64. The number of esters is 1. The molecule has 0 amide bonds. The lowest BCUT2D eigenvalue weighted by atomic mass is 10.2.